The van der Waals surface area contributed by atoms with Crippen LogP contribution < -0.4 is 4.74 Å². The number of aliphatic hydroxyl groups excluding tert-OH is 1. The van der Waals surface area contributed by atoms with E-state index in [4.69, 9.17) is 14.3 Å². The lowest BCUT2D eigenvalue weighted by Crippen LogP contribution is -2.00. The van der Waals surface area contributed by atoms with Gasteiger partial charge in [-0.2, -0.15) is 0 Å². The number of rotatable bonds is 4. The zero-order valence-electron chi connectivity index (χ0n) is 8.39. The fraction of sp³-hybridized carbons (Fsp3) is 0.182. The first kappa shape index (κ1) is 11.2. The largest absolute Gasteiger partial charge is 0.469 e. The number of hydrogen-bond donors (Lipinski definition) is 1. The van der Waals surface area contributed by atoms with Crippen LogP contribution in [0.1, 0.15) is 11.3 Å². The molecular formula is C11H10BrNO3. The molecule has 0 amide bonds. The maximum absolute atomic E-state index is 9.14. The molecule has 16 heavy (non-hydrogen) atoms. The third-order valence-corrected chi connectivity index (χ3v) is 2.43. The van der Waals surface area contributed by atoms with Crippen LogP contribution >= 0.6 is 15.9 Å². The molecule has 0 aliphatic heterocycles. The Kier molecular flexibility index (Phi) is 3.58. The Hall–Kier alpha value is -1.33. The lowest BCUT2D eigenvalue weighted by Gasteiger charge is -2.07. The van der Waals surface area contributed by atoms with Crippen LogP contribution in [-0.4, -0.2) is 10.1 Å². The van der Waals surface area contributed by atoms with Gasteiger partial charge < -0.3 is 14.3 Å². The van der Waals surface area contributed by atoms with Crippen molar-refractivity contribution < 1.29 is 14.3 Å². The SMILES string of the molecule is OCc1cc(Br)cnc1OCc1ccco1. The molecule has 2 rings (SSSR count). The maximum atomic E-state index is 9.14. The number of pyridine rings is 1. The molecule has 0 aliphatic rings. The lowest BCUT2D eigenvalue weighted by molar-refractivity contribution is 0.237. The summed E-state index contributed by atoms with van der Waals surface area (Å²) >= 11 is 3.28. The van der Waals surface area contributed by atoms with Gasteiger partial charge in [-0.1, -0.05) is 0 Å². The molecule has 0 spiro atoms. The van der Waals surface area contributed by atoms with Crippen molar-refractivity contribution in [2.75, 3.05) is 0 Å². The molecule has 84 valence electrons. The van der Waals surface area contributed by atoms with E-state index < -0.39 is 0 Å². The predicted octanol–water partition coefficient (Wildman–Crippen LogP) is 2.51. The Balaban J connectivity index is 2.09. The number of nitrogens with zero attached hydrogens (tertiary/aromatic N) is 1. The second kappa shape index (κ2) is 5.14. The molecule has 0 bridgehead atoms. The normalized spacial score (nSPS) is 10.4. The van der Waals surface area contributed by atoms with Gasteiger partial charge in [0.2, 0.25) is 5.88 Å². The van der Waals surface area contributed by atoms with Crippen molar-refractivity contribution in [3.8, 4) is 5.88 Å². The Bertz CT molecular complexity index is 456. The van der Waals surface area contributed by atoms with Crippen molar-refractivity contribution >= 4 is 15.9 Å². The summed E-state index contributed by atoms with van der Waals surface area (Å²) in [6.45, 7) is 0.189. The molecule has 0 radical (unpaired) electrons. The van der Waals surface area contributed by atoms with E-state index >= 15 is 0 Å². The summed E-state index contributed by atoms with van der Waals surface area (Å²) in [5, 5.41) is 9.14. The van der Waals surface area contributed by atoms with Crippen LogP contribution in [0.3, 0.4) is 0 Å². The zero-order valence-corrected chi connectivity index (χ0v) is 9.98. The van der Waals surface area contributed by atoms with Crippen LogP contribution in [0.5, 0.6) is 5.88 Å². The van der Waals surface area contributed by atoms with E-state index in [1.807, 2.05) is 6.07 Å². The average Bonchev–Trinajstić information content (AvgIpc) is 2.80. The molecular weight excluding hydrogens is 274 g/mol. The maximum Gasteiger partial charge on any atom is 0.219 e. The predicted molar refractivity (Wildman–Crippen MR) is 60.9 cm³/mol. The van der Waals surface area contributed by atoms with E-state index in [1.165, 1.54) is 0 Å². The van der Waals surface area contributed by atoms with Crippen LogP contribution in [0.4, 0.5) is 0 Å². The fourth-order valence-corrected chi connectivity index (χ4v) is 1.62. The monoisotopic (exact) mass is 283 g/mol. The Morgan fingerprint density at radius 3 is 3.06 bits per heavy atom. The third-order valence-electron chi connectivity index (χ3n) is 1.99. The second-order valence-corrected chi connectivity index (χ2v) is 4.06. The summed E-state index contributed by atoms with van der Waals surface area (Å²) in [5.74, 6) is 1.13. The Morgan fingerprint density at radius 2 is 2.38 bits per heavy atom. The smallest absolute Gasteiger partial charge is 0.219 e. The van der Waals surface area contributed by atoms with Crippen molar-refractivity contribution in [2.45, 2.75) is 13.2 Å². The molecule has 1 N–H and O–H groups in total. The molecule has 2 aromatic heterocycles. The van der Waals surface area contributed by atoms with Crippen molar-refractivity contribution in [1.82, 2.24) is 4.98 Å². The van der Waals surface area contributed by atoms with Gasteiger partial charge >= 0.3 is 0 Å². The first-order valence-corrected chi connectivity index (χ1v) is 5.49. The fourth-order valence-electron chi connectivity index (χ4n) is 1.25. The summed E-state index contributed by atoms with van der Waals surface area (Å²) in [7, 11) is 0. The van der Waals surface area contributed by atoms with E-state index in [0.717, 1.165) is 4.47 Å². The summed E-state index contributed by atoms with van der Waals surface area (Å²) in [6.07, 6.45) is 3.21. The van der Waals surface area contributed by atoms with Crippen LogP contribution in [0.25, 0.3) is 0 Å². The van der Waals surface area contributed by atoms with Crippen LogP contribution in [0, 0.1) is 0 Å². The van der Waals surface area contributed by atoms with Crippen LogP contribution in [0.15, 0.2) is 39.5 Å². The van der Waals surface area contributed by atoms with Crippen LogP contribution in [-0.2, 0) is 13.2 Å². The number of furan rings is 1. The lowest BCUT2D eigenvalue weighted by atomic mass is 10.3. The first-order chi connectivity index (χ1) is 7.79. The standard InChI is InChI=1S/C11H10BrNO3/c12-9-4-8(6-14)11(13-5-9)16-7-10-2-1-3-15-10/h1-5,14H,6-7H2. The summed E-state index contributed by atoms with van der Waals surface area (Å²) < 4.78 is 11.4. The highest BCUT2D eigenvalue weighted by molar-refractivity contribution is 9.10. The van der Waals surface area contributed by atoms with E-state index in [9.17, 15) is 0 Å². The van der Waals surface area contributed by atoms with Crippen molar-refractivity contribution in [3.05, 3.63) is 46.5 Å². The molecule has 0 saturated carbocycles. The number of halogens is 1. The number of hydrogen-bond acceptors (Lipinski definition) is 4. The summed E-state index contributed by atoms with van der Waals surface area (Å²) in [6, 6.07) is 5.38. The van der Waals surface area contributed by atoms with Gasteiger partial charge in [0.05, 0.1) is 12.9 Å². The van der Waals surface area contributed by atoms with Crippen molar-refractivity contribution in [3.63, 3.8) is 0 Å². The number of aromatic nitrogens is 1. The molecule has 0 saturated heterocycles. The molecule has 0 aromatic carbocycles. The highest BCUT2D eigenvalue weighted by Gasteiger charge is 2.06. The highest BCUT2D eigenvalue weighted by atomic mass is 79.9. The summed E-state index contributed by atoms with van der Waals surface area (Å²) in [4.78, 5) is 4.08. The van der Waals surface area contributed by atoms with E-state index in [-0.39, 0.29) is 6.61 Å². The van der Waals surface area contributed by atoms with Gasteiger partial charge in [-0.3, -0.25) is 0 Å². The molecule has 0 atom stereocenters. The molecule has 2 aromatic rings. The van der Waals surface area contributed by atoms with E-state index in [1.54, 1.807) is 24.6 Å². The van der Waals surface area contributed by atoms with Crippen molar-refractivity contribution in [1.29, 1.82) is 0 Å². The minimum atomic E-state index is -0.111. The molecule has 0 unspecified atom stereocenters. The topological polar surface area (TPSA) is 55.5 Å². The van der Waals surface area contributed by atoms with Crippen molar-refractivity contribution in [2.24, 2.45) is 0 Å². The second-order valence-electron chi connectivity index (χ2n) is 3.14. The molecule has 5 heteroatoms. The van der Waals surface area contributed by atoms with Gasteiger partial charge in [0.1, 0.15) is 12.4 Å². The van der Waals surface area contributed by atoms with Gasteiger partial charge in [0.15, 0.2) is 0 Å². The molecule has 4 nitrogen and oxygen atoms in total. The zero-order chi connectivity index (χ0) is 11.4. The quantitative estimate of drug-likeness (QED) is 0.937. The van der Waals surface area contributed by atoms with E-state index in [0.29, 0.717) is 23.8 Å². The van der Waals surface area contributed by atoms with E-state index in [2.05, 4.69) is 20.9 Å². The minimum Gasteiger partial charge on any atom is -0.469 e. The molecule has 2 heterocycles. The van der Waals surface area contributed by atoms with Crippen LogP contribution in [0.2, 0.25) is 0 Å². The van der Waals surface area contributed by atoms with Gasteiger partial charge in [0, 0.05) is 16.2 Å². The Morgan fingerprint density at radius 1 is 1.50 bits per heavy atom. The number of aliphatic hydroxyl groups is 1. The van der Waals surface area contributed by atoms with Gasteiger partial charge in [-0.15, -0.1) is 0 Å². The first-order valence-electron chi connectivity index (χ1n) is 4.70. The molecule has 0 aliphatic carbocycles. The van der Waals surface area contributed by atoms with Gasteiger partial charge in [-0.25, -0.2) is 4.98 Å². The Labute approximate surface area is 101 Å². The minimum absolute atomic E-state index is 0.111. The average molecular weight is 284 g/mol. The molecule has 0 fully saturated rings. The highest BCUT2D eigenvalue weighted by Crippen LogP contribution is 2.20. The third kappa shape index (κ3) is 2.62. The summed E-state index contributed by atoms with van der Waals surface area (Å²) in [5.41, 5.74) is 0.640. The van der Waals surface area contributed by atoms with Gasteiger partial charge in [-0.05, 0) is 34.1 Å². The van der Waals surface area contributed by atoms with Gasteiger partial charge in [0.25, 0.3) is 0 Å². The number of ether oxygens (including phenoxy) is 1.